The number of anilines is 2. The highest BCUT2D eigenvalue weighted by molar-refractivity contribution is 7.89. The van der Waals surface area contributed by atoms with E-state index in [4.69, 9.17) is 16.6 Å². The molecule has 3 heterocycles. The lowest BCUT2D eigenvalue weighted by Crippen LogP contribution is -2.11. The zero-order chi connectivity index (χ0) is 21.5. The monoisotopic (exact) mass is 439 g/mol. The van der Waals surface area contributed by atoms with E-state index in [1.165, 1.54) is 40.1 Å². The lowest BCUT2D eigenvalue weighted by Gasteiger charge is -2.06. The number of fused-ring (bicyclic) bond motifs is 1. The summed E-state index contributed by atoms with van der Waals surface area (Å²) in [4.78, 5) is 5.21. The van der Waals surface area contributed by atoms with Crippen LogP contribution in [0.2, 0.25) is 0 Å². The van der Waals surface area contributed by atoms with E-state index in [0.717, 1.165) is 4.88 Å². The minimum Gasteiger partial charge on any atom is -0.382 e. The predicted molar refractivity (Wildman–Crippen MR) is 112 cm³/mol. The smallest absolute Gasteiger partial charge is 0.238 e. The fourth-order valence-electron chi connectivity index (χ4n) is 2.68. The Morgan fingerprint density at radius 2 is 1.87 bits per heavy atom. The molecule has 6 N–H and O–H groups in total. The molecule has 0 saturated carbocycles. The molecule has 0 radical (unpaired) electrons. The fourth-order valence-corrected chi connectivity index (χ4v) is 3.92. The summed E-state index contributed by atoms with van der Waals surface area (Å²) in [5.74, 6) is 0.0999. The standard InChI is InChI=1S/C17H13N9O2S2/c18-8-11-13(12-2-1-7-29-12)22-17-14(15(19)25-26(17)16(11)20)24-23-9-3-5-10(6-4-9)30(21,27)28/h1-7H,20H2,(H2,19,25)(H2,21,27,28). The number of rotatable bonds is 4. The van der Waals surface area contributed by atoms with Gasteiger partial charge in [-0.15, -0.1) is 21.5 Å². The second-order valence-corrected chi connectivity index (χ2v) is 8.53. The van der Waals surface area contributed by atoms with E-state index in [-0.39, 0.29) is 33.4 Å². The second kappa shape index (κ2) is 7.19. The quantitative estimate of drug-likeness (QED) is 0.407. The molecule has 0 aliphatic heterocycles. The minimum absolute atomic E-state index is 0.0197. The normalized spacial score (nSPS) is 11.9. The van der Waals surface area contributed by atoms with Crippen molar-refractivity contribution in [3.63, 3.8) is 0 Å². The number of thiophene rings is 1. The Morgan fingerprint density at radius 1 is 1.13 bits per heavy atom. The zero-order valence-corrected chi connectivity index (χ0v) is 16.7. The highest BCUT2D eigenvalue weighted by Gasteiger charge is 2.21. The van der Waals surface area contributed by atoms with Gasteiger partial charge in [0.25, 0.3) is 0 Å². The van der Waals surface area contributed by atoms with Gasteiger partial charge < -0.3 is 11.5 Å². The van der Waals surface area contributed by atoms with Crippen molar-refractivity contribution in [3.05, 3.63) is 47.3 Å². The summed E-state index contributed by atoms with van der Waals surface area (Å²) in [5, 5.41) is 28.8. The third-order valence-corrected chi connectivity index (χ3v) is 5.90. The van der Waals surface area contributed by atoms with Gasteiger partial charge in [0.15, 0.2) is 17.2 Å². The van der Waals surface area contributed by atoms with Crippen molar-refractivity contribution in [1.29, 1.82) is 5.26 Å². The van der Waals surface area contributed by atoms with Crippen LogP contribution in [-0.2, 0) is 10.0 Å². The number of hydrogen-bond donors (Lipinski definition) is 3. The SMILES string of the molecule is N#Cc1c(-c2cccs2)nc2c(N=Nc3ccc(S(N)(=O)=O)cc3)c(N)nn2c1N. The molecule has 0 aliphatic carbocycles. The van der Waals surface area contributed by atoms with E-state index in [9.17, 15) is 13.7 Å². The first-order valence-electron chi connectivity index (χ1n) is 8.26. The minimum atomic E-state index is -3.81. The Labute approximate surface area is 174 Å². The van der Waals surface area contributed by atoms with Crippen LogP contribution in [-0.4, -0.2) is 23.0 Å². The average Bonchev–Trinajstić information content (AvgIpc) is 3.34. The van der Waals surface area contributed by atoms with Crippen LogP contribution in [0, 0.1) is 11.3 Å². The predicted octanol–water partition coefficient (Wildman–Crippen LogP) is 2.56. The van der Waals surface area contributed by atoms with E-state index >= 15 is 0 Å². The van der Waals surface area contributed by atoms with Crippen molar-refractivity contribution < 1.29 is 8.42 Å². The van der Waals surface area contributed by atoms with Crippen molar-refractivity contribution in [2.75, 3.05) is 11.5 Å². The van der Waals surface area contributed by atoms with Gasteiger partial charge in [0.2, 0.25) is 10.0 Å². The van der Waals surface area contributed by atoms with Crippen LogP contribution in [0.25, 0.3) is 16.2 Å². The van der Waals surface area contributed by atoms with Crippen molar-refractivity contribution in [1.82, 2.24) is 14.6 Å². The number of nitrogen functional groups attached to an aromatic ring is 2. The van der Waals surface area contributed by atoms with Crippen molar-refractivity contribution >= 4 is 50.0 Å². The molecule has 4 rings (SSSR count). The summed E-state index contributed by atoms with van der Waals surface area (Å²) >= 11 is 1.41. The highest BCUT2D eigenvalue weighted by Crippen LogP contribution is 2.35. The van der Waals surface area contributed by atoms with E-state index in [2.05, 4.69) is 26.4 Å². The Morgan fingerprint density at radius 3 is 2.47 bits per heavy atom. The number of sulfonamides is 1. The number of aromatic nitrogens is 3. The maximum atomic E-state index is 11.3. The summed E-state index contributed by atoms with van der Waals surface area (Å²) in [6, 6.07) is 11.2. The Hall–Kier alpha value is -3.86. The van der Waals surface area contributed by atoms with Crippen LogP contribution in [0.4, 0.5) is 23.0 Å². The van der Waals surface area contributed by atoms with Crippen LogP contribution in [0.1, 0.15) is 5.56 Å². The van der Waals surface area contributed by atoms with Gasteiger partial charge in [-0.25, -0.2) is 18.5 Å². The van der Waals surface area contributed by atoms with Crippen LogP contribution >= 0.6 is 11.3 Å². The van der Waals surface area contributed by atoms with E-state index in [1.807, 2.05) is 17.5 Å². The third-order valence-electron chi connectivity index (χ3n) is 4.10. The molecule has 30 heavy (non-hydrogen) atoms. The summed E-state index contributed by atoms with van der Waals surface area (Å²) in [5.41, 5.74) is 13.4. The fraction of sp³-hybridized carbons (Fsp3) is 0. The molecule has 0 aliphatic rings. The highest BCUT2D eigenvalue weighted by atomic mass is 32.2. The van der Waals surface area contributed by atoms with Gasteiger partial charge in [0, 0.05) is 0 Å². The molecule has 150 valence electrons. The molecule has 0 bridgehead atoms. The number of primary sulfonamides is 1. The van der Waals surface area contributed by atoms with Gasteiger partial charge >= 0.3 is 0 Å². The van der Waals surface area contributed by atoms with E-state index < -0.39 is 10.0 Å². The number of nitrogens with two attached hydrogens (primary N) is 3. The second-order valence-electron chi connectivity index (χ2n) is 6.02. The first-order valence-corrected chi connectivity index (χ1v) is 10.7. The Bertz CT molecular complexity index is 1430. The van der Waals surface area contributed by atoms with Gasteiger partial charge in [0.1, 0.15) is 23.1 Å². The maximum absolute atomic E-state index is 11.3. The molecular formula is C17H13N9O2S2. The molecule has 1 aromatic carbocycles. The molecule has 0 unspecified atom stereocenters. The van der Waals surface area contributed by atoms with E-state index in [1.54, 1.807) is 0 Å². The first-order chi connectivity index (χ1) is 14.3. The Balaban J connectivity index is 1.83. The van der Waals surface area contributed by atoms with Crippen molar-refractivity contribution in [2.24, 2.45) is 15.4 Å². The molecule has 0 spiro atoms. The van der Waals surface area contributed by atoms with Crippen LogP contribution in [0.3, 0.4) is 0 Å². The summed E-state index contributed by atoms with van der Waals surface area (Å²) in [7, 11) is -3.81. The molecule has 0 saturated heterocycles. The molecule has 0 atom stereocenters. The lowest BCUT2D eigenvalue weighted by molar-refractivity contribution is 0.598. The number of hydrogen-bond acceptors (Lipinski definition) is 10. The van der Waals surface area contributed by atoms with Crippen LogP contribution < -0.4 is 16.6 Å². The van der Waals surface area contributed by atoms with Crippen molar-refractivity contribution in [3.8, 4) is 16.6 Å². The average molecular weight is 439 g/mol. The number of azo groups is 1. The van der Waals surface area contributed by atoms with Gasteiger partial charge in [-0.1, -0.05) is 6.07 Å². The van der Waals surface area contributed by atoms with Gasteiger partial charge in [0.05, 0.1) is 15.5 Å². The molecular weight excluding hydrogens is 426 g/mol. The van der Waals surface area contributed by atoms with Crippen LogP contribution in [0.5, 0.6) is 0 Å². The van der Waals surface area contributed by atoms with Gasteiger partial charge in [-0.2, -0.15) is 14.9 Å². The van der Waals surface area contributed by atoms with Gasteiger partial charge in [-0.05, 0) is 35.7 Å². The number of nitriles is 1. The number of benzene rings is 1. The largest absolute Gasteiger partial charge is 0.382 e. The first kappa shape index (κ1) is 19.5. The Kier molecular flexibility index (Phi) is 4.66. The zero-order valence-electron chi connectivity index (χ0n) is 15.1. The van der Waals surface area contributed by atoms with Gasteiger partial charge in [-0.3, -0.25) is 0 Å². The maximum Gasteiger partial charge on any atom is 0.238 e. The lowest BCUT2D eigenvalue weighted by atomic mass is 10.2. The summed E-state index contributed by atoms with van der Waals surface area (Å²) in [6.07, 6.45) is 0. The molecule has 0 fully saturated rings. The third kappa shape index (κ3) is 3.35. The molecule has 0 amide bonds. The molecule has 4 aromatic rings. The van der Waals surface area contributed by atoms with Crippen LogP contribution in [0.15, 0.2) is 56.9 Å². The summed E-state index contributed by atoms with van der Waals surface area (Å²) < 4.78 is 23.9. The van der Waals surface area contributed by atoms with Crippen molar-refractivity contribution in [2.45, 2.75) is 4.90 Å². The summed E-state index contributed by atoms with van der Waals surface area (Å²) in [6.45, 7) is 0. The molecule has 13 heteroatoms. The number of nitrogens with zero attached hydrogens (tertiary/aromatic N) is 6. The molecule has 11 nitrogen and oxygen atoms in total. The van der Waals surface area contributed by atoms with E-state index in [0.29, 0.717) is 11.4 Å². The topological polar surface area (TPSA) is 191 Å². The molecule has 3 aromatic heterocycles.